The minimum Gasteiger partial charge on any atom is -0.493 e. The van der Waals surface area contributed by atoms with Crippen molar-refractivity contribution in [3.8, 4) is 5.75 Å². The van der Waals surface area contributed by atoms with Crippen molar-refractivity contribution in [3.05, 3.63) is 69.6 Å². The number of likely N-dealkylation sites (N-methyl/N-ethyl adjacent to an activating group) is 1. The van der Waals surface area contributed by atoms with Gasteiger partial charge in [0.25, 0.3) is 11.8 Å². The van der Waals surface area contributed by atoms with Crippen LogP contribution in [0.1, 0.15) is 78.3 Å². The Morgan fingerprint density at radius 1 is 1.08 bits per heavy atom. The van der Waals surface area contributed by atoms with Crippen LogP contribution in [0.3, 0.4) is 0 Å². The predicted octanol–water partition coefficient (Wildman–Crippen LogP) is 4.80. The van der Waals surface area contributed by atoms with E-state index in [1.807, 2.05) is 24.0 Å². The number of likely N-dealkylation sites (tertiary alicyclic amines) is 1. The molecule has 2 heterocycles. The highest BCUT2D eigenvalue weighted by atomic mass is 16.5. The average Bonchev–Trinajstić information content (AvgIpc) is 3.38. The second-order valence-electron chi connectivity index (χ2n) is 10.4. The van der Waals surface area contributed by atoms with Gasteiger partial charge in [-0.3, -0.25) is 9.59 Å². The molecule has 0 spiro atoms. The molecule has 1 N–H and O–H groups in total. The maximum atomic E-state index is 13.5. The van der Waals surface area contributed by atoms with Gasteiger partial charge in [-0.1, -0.05) is 43.3 Å². The summed E-state index contributed by atoms with van der Waals surface area (Å²) in [6.07, 6.45) is 4.58. The van der Waals surface area contributed by atoms with Gasteiger partial charge in [0.05, 0.1) is 12.2 Å². The number of amides is 2. The minimum atomic E-state index is -0.596. The molecule has 1 saturated heterocycles. The molecule has 0 aromatic heterocycles. The monoisotopic (exact) mass is 520 g/mol. The molecule has 1 fully saturated rings. The molecule has 2 aromatic carbocycles. The number of ether oxygens (including phenoxy) is 1. The van der Waals surface area contributed by atoms with E-state index in [1.165, 1.54) is 16.0 Å². The third kappa shape index (κ3) is 5.75. The molecule has 8 heteroatoms. The number of nitrogens with one attached hydrogen (secondary N) is 1. The third-order valence-electron chi connectivity index (χ3n) is 8.08. The van der Waals surface area contributed by atoms with Crippen molar-refractivity contribution in [2.45, 2.75) is 83.6 Å². The van der Waals surface area contributed by atoms with Gasteiger partial charge >= 0.3 is 0 Å². The second kappa shape index (κ2) is 12.5. The molecule has 0 aliphatic carbocycles. The average molecular weight is 521 g/mol. The first-order chi connectivity index (χ1) is 18.4. The molecule has 0 saturated carbocycles. The highest BCUT2D eigenvalue weighted by Gasteiger charge is 2.36. The summed E-state index contributed by atoms with van der Waals surface area (Å²) in [5, 5.41) is 6.79. The molecule has 2 aromatic rings. The molecule has 4 atom stereocenters. The van der Waals surface area contributed by atoms with Gasteiger partial charge in [-0.25, -0.2) is 0 Å². The molecule has 204 valence electrons. The highest BCUT2D eigenvalue weighted by molar-refractivity contribution is 6.00. The van der Waals surface area contributed by atoms with Crippen LogP contribution in [0.4, 0.5) is 0 Å². The zero-order valence-electron chi connectivity index (χ0n) is 23.0. The number of hydrogen-bond acceptors (Lipinski definition) is 6. The summed E-state index contributed by atoms with van der Waals surface area (Å²) in [5.41, 5.74) is 3.33. The number of benzene rings is 2. The summed E-state index contributed by atoms with van der Waals surface area (Å²) in [7, 11) is 1.67. The number of nitroso groups, excluding NO2 is 1. The molecule has 2 aliphatic heterocycles. The molecule has 2 amide bonds. The van der Waals surface area contributed by atoms with E-state index in [0.717, 1.165) is 25.7 Å². The van der Waals surface area contributed by atoms with E-state index in [4.69, 9.17) is 4.74 Å². The Morgan fingerprint density at radius 2 is 1.76 bits per heavy atom. The maximum absolute atomic E-state index is 13.5. The number of carbonyl (C=O) groups is 2. The Morgan fingerprint density at radius 3 is 2.39 bits per heavy atom. The van der Waals surface area contributed by atoms with Gasteiger partial charge in [-0.2, -0.15) is 4.91 Å². The van der Waals surface area contributed by atoms with Crippen molar-refractivity contribution < 1.29 is 14.3 Å². The topological polar surface area (TPSA) is 91.3 Å². The van der Waals surface area contributed by atoms with Crippen LogP contribution in [0.15, 0.2) is 47.6 Å². The van der Waals surface area contributed by atoms with E-state index in [2.05, 4.69) is 36.5 Å². The standard InChI is InChI=1S/C30H40N4O4/c1-5-23-13-14-24(6-2)34(23)29(35)21-12-15-25(28(17-21)38-7-3)30(36)33(4)19-27(32-37)26-16-20-10-8-9-11-22(20)18-31-26/h8-12,15,17,23-24,26-27,31H,5-7,13-14,16,18-19H2,1-4H3/t23?,24?,26-,27?/m0/s1. The lowest BCUT2D eigenvalue weighted by Crippen LogP contribution is -2.48. The summed E-state index contributed by atoms with van der Waals surface area (Å²) >= 11 is 0. The Kier molecular flexibility index (Phi) is 9.15. The van der Waals surface area contributed by atoms with Crippen LogP contribution < -0.4 is 10.1 Å². The van der Waals surface area contributed by atoms with Gasteiger partial charge in [0.15, 0.2) is 0 Å². The first-order valence-corrected chi connectivity index (χ1v) is 13.9. The van der Waals surface area contributed by atoms with E-state index < -0.39 is 6.04 Å². The fraction of sp³-hybridized carbons (Fsp3) is 0.533. The zero-order valence-corrected chi connectivity index (χ0v) is 23.0. The Balaban J connectivity index is 1.50. The molecular formula is C30H40N4O4. The highest BCUT2D eigenvalue weighted by Crippen LogP contribution is 2.31. The number of fused-ring (bicyclic) bond motifs is 1. The van der Waals surface area contributed by atoms with E-state index in [-0.39, 0.29) is 36.5 Å². The second-order valence-corrected chi connectivity index (χ2v) is 10.4. The van der Waals surface area contributed by atoms with Crippen molar-refractivity contribution in [3.63, 3.8) is 0 Å². The van der Waals surface area contributed by atoms with Gasteiger partial charge in [0, 0.05) is 43.8 Å². The van der Waals surface area contributed by atoms with E-state index >= 15 is 0 Å². The molecule has 2 aliphatic rings. The molecule has 0 radical (unpaired) electrons. The van der Waals surface area contributed by atoms with Gasteiger partial charge in [0.1, 0.15) is 11.8 Å². The summed E-state index contributed by atoms with van der Waals surface area (Å²) in [4.78, 5) is 42.4. The van der Waals surface area contributed by atoms with Gasteiger partial charge < -0.3 is 19.9 Å². The number of carbonyl (C=O) groups excluding carboxylic acids is 2. The van der Waals surface area contributed by atoms with Crippen LogP contribution >= 0.6 is 0 Å². The summed E-state index contributed by atoms with van der Waals surface area (Å²) in [5.74, 6) is 0.107. The third-order valence-corrected chi connectivity index (χ3v) is 8.08. The van der Waals surface area contributed by atoms with Crippen molar-refractivity contribution >= 4 is 11.8 Å². The fourth-order valence-corrected chi connectivity index (χ4v) is 5.90. The van der Waals surface area contributed by atoms with E-state index in [9.17, 15) is 14.5 Å². The molecule has 0 bridgehead atoms. The number of rotatable bonds is 10. The quantitative estimate of drug-likeness (QED) is 0.455. The fourth-order valence-electron chi connectivity index (χ4n) is 5.90. The lowest BCUT2D eigenvalue weighted by molar-refractivity contribution is 0.0657. The Labute approximate surface area is 225 Å². The van der Waals surface area contributed by atoms with Crippen LogP contribution in [-0.2, 0) is 13.0 Å². The van der Waals surface area contributed by atoms with Crippen LogP contribution in [0, 0.1) is 4.91 Å². The van der Waals surface area contributed by atoms with Crippen molar-refractivity contribution in [1.82, 2.24) is 15.1 Å². The largest absolute Gasteiger partial charge is 0.493 e. The lowest BCUT2D eigenvalue weighted by Gasteiger charge is -2.31. The minimum absolute atomic E-state index is 0.0108. The molecule has 4 rings (SSSR count). The summed E-state index contributed by atoms with van der Waals surface area (Å²) < 4.78 is 5.84. The summed E-state index contributed by atoms with van der Waals surface area (Å²) in [6, 6.07) is 13.0. The lowest BCUT2D eigenvalue weighted by atomic mass is 9.92. The molecular weight excluding hydrogens is 480 g/mol. The van der Waals surface area contributed by atoms with Crippen molar-refractivity contribution in [2.24, 2.45) is 5.18 Å². The molecule has 3 unspecified atom stereocenters. The maximum Gasteiger partial charge on any atom is 0.257 e. The number of hydrogen-bond donors (Lipinski definition) is 1. The van der Waals surface area contributed by atoms with Gasteiger partial charge in [-0.05, 0) is 68.4 Å². The Bertz CT molecular complexity index is 1140. The van der Waals surface area contributed by atoms with Crippen molar-refractivity contribution in [1.29, 1.82) is 0 Å². The zero-order chi connectivity index (χ0) is 27.2. The predicted molar refractivity (Wildman–Crippen MR) is 148 cm³/mol. The van der Waals surface area contributed by atoms with Crippen molar-refractivity contribution in [2.75, 3.05) is 20.2 Å². The van der Waals surface area contributed by atoms with Crippen LogP contribution in [-0.4, -0.2) is 66.0 Å². The first-order valence-electron chi connectivity index (χ1n) is 13.9. The van der Waals surface area contributed by atoms with Crippen LogP contribution in [0.25, 0.3) is 0 Å². The summed E-state index contributed by atoms with van der Waals surface area (Å²) in [6.45, 7) is 7.31. The molecule has 38 heavy (non-hydrogen) atoms. The van der Waals surface area contributed by atoms with Crippen LogP contribution in [0.5, 0.6) is 5.75 Å². The SMILES string of the molecule is CCOc1cc(C(=O)N2C(CC)CCC2CC)ccc1C(=O)N(C)CC(N=O)[C@@H]1Cc2ccccc2CN1. The van der Waals surface area contributed by atoms with E-state index in [0.29, 0.717) is 36.4 Å². The normalized spacial score (nSPS) is 21.5. The Hall–Kier alpha value is -3.26. The number of nitrogens with zero attached hydrogens (tertiary/aromatic N) is 3. The van der Waals surface area contributed by atoms with E-state index in [1.54, 1.807) is 25.2 Å². The first kappa shape index (κ1) is 27.8. The van der Waals surface area contributed by atoms with Crippen LogP contribution in [0.2, 0.25) is 0 Å². The smallest absolute Gasteiger partial charge is 0.257 e. The van der Waals surface area contributed by atoms with Gasteiger partial charge in [-0.15, -0.1) is 0 Å². The molecule has 8 nitrogen and oxygen atoms in total. The van der Waals surface area contributed by atoms with Gasteiger partial charge in [0.2, 0.25) is 0 Å².